The lowest BCUT2D eigenvalue weighted by Crippen LogP contribution is -2.38. The molecule has 0 radical (unpaired) electrons. The van der Waals surface area contributed by atoms with Gasteiger partial charge in [0.15, 0.2) is 0 Å². The van der Waals surface area contributed by atoms with Gasteiger partial charge in [0, 0.05) is 32.2 Å². The molecule has 0 aromatic rings. The van der Waals surface area contributed by atoms with Gasteiger partial charge in [0.1, 0.15) is 0 Å². The van der Waals surface area contributed by atoms with Crippen LogP contribution in [0.1, 0.15) is 26.7 Å². The predicted octanol–water partition coefficient (Wildman–Crippen LogP) is 0.775. The molecule has 0 spiro atoms. The van der Waals surface area contributed by atoms with Gasteiger partial charge in [-0.25, -0.2) is 0 Å². The van der Waals surface area contributed by atoms with Crippen LogP contribution in [-0.2, 0) is 9.53 Å². The molecule has 1 aliphatic heterocycles. The maximum absolute atomic E-state index is 11.7. The molecule has 1 saturated heterocycles. The van der Waals surface area contributed by atoms with Crippen molar-refractivity contribution in [1.29, 1.82) is 0 Å². The van der Waals surface area contributed by atoms with Crippen molar-refractivity contribution in [2.75, 3.05) is 32.8 Å². The zero-order valence-corrected chi connectivity index (χ0v) is 10.4. The lowest BCUT2D eigenvalue weighted by atomic mass is 10.00. The van der Waals surface area contributed by atoms with E-state index in [0.29, 0.717) is 5.92 Å². The highest BCUT2D eigenvalue weighted by Gasteiger charge is 2.17. The number of carbonyl (C=O) groups excluding carboxylic acids is 1. The van der Waals surface area contributed by atoms with E-state index in [9.17, 15) is 4.79 Å². The Kier molecular flexibility index (Phi) is 6.42. The predicted molar refractivity (Wildman–Crippen MR) is 64.3 cm³/mol. The molecular formula is C12H24N2O2. The first-order chi connectivity index (χ1) is 7.74. The van der Waals surface area contributed by atoms with Crippen molar-refractivity contribution in [3.63, 3.8) is 0 Å². The minimum Gasteiger partial charge on any atom is -0.381 e. The van der Waals surface area contributed by atoms with Crippen LogP contribution in [-0.4, -0.2) is 38.8 Å². The van der Waals surface area contributed by atoms with Gasteiger partial charge in [-0.1, -0.05) is 13.8 Å². The van der Waals surface area contributed by atoms with Crippen LogP contribution in [0.2, 0.25) is 0 Å². The SMILES string of the molecule is CCNCC(C)C(=O)NCC1CCOCC1. The minimum atomic E-state index is 0.0554. The van der Waals surface area contributed by atoms with E-state index in [0.717, 1.165) is 45.7 Å². The number of rotatable bonds is 6. The first-order valence-corrected chi connectivity index (χ1v) is 6.30. The summed E-state index contributed by atoms with van der Waals surface area (Å²) in [6.45, 7) is 8.17. The molecule has 1 heterocycles. The Morgan fingerprint density at radius 2 is 2.12 bits per heavy atom. The number of carbonyl (C=O) groups is 1. The number of amides is 1. The molecule has 2 N–H and O–H groups in total. The van der Waals surface area contributed by atoms with Gasteiger partial charge >= 0.3 is 0 Å². The van der Waals surface area contributed by atoms with Gasteiger partial charge in [0.25, 0.3) is 0 Å². The number of nitrogens with one attached hydrogen (secondary N) is 2. The molecule has 1 rings (SSSR count). The van der Waals surface area contributed by atoms with Gasteiger partial charge < -0.3 is 15.4 Å². The lowest BCUT2D eigenvalue weighted by molar-refractivity contribution is -0.124. The van der Waals surface area contributed by atoms with Gasteiger partial charge in [-0.3, -0.25) is 4.79 Å². The quantitative estimate of drug-likeness (QED) is 0.706. The lowest BCUT2D eigenvalue weighted by Gasteiger charge is -2.23. The normalized spacial score (nSPS) is 19.4. The van der Waals surface area contributed by atoms with Gasteiger partial charge in [0.05, 0.1) is 0 Å². The molecule has 0 saturated carbocycles. The van der Waals surface area contributed by atoms with Crippen LogP contribution in [0.4, 0.5) is 0 Å². The van der Waals surface area contributed by atoms with Crippen molar-refractivity contribution in [1.82, 2.24) is 10.6 Å². The van der Waals surface area contributed by atoms with E-state index in [-0.39, 0.29) is 11.8 Å². The molecule has 1 fully saturated rings. The summed E-state index contributed by atoms with van der Waals surface area (Å²) >= 11 is 0. The third-order valence-corrected chi connectivity index (χ3v) is 3.05. The van der Waals surface area contributed by atoms with E-state index in [1.807, 2.05) is 13.8 Å². The van der Waals surface area contributed by atoms with E-state index in [2.05, 4.69) is 10.6 Å². The van der Waals surface area contributed by atoms with Crippen molar-refractivity contribution in [3.8, 4) is 0 Å². The average molecular weight is 228 g/mol. The van der Waals surface area contributed by atoms with Crippen LogP contribution in [0.15, 0.2) is 0 Å². The summed E-state index contributed by atoms with van der Waals surface area (Å²) in [6, 6.07) is 0. The van der Waals surface area contributed by atoms with Crippen LogP contribution in [0.25, 0.3) is 0 Å². The second-order valence-electron chi connectivity index (χ2n) is 4.51. The van der Waals surface area contributed by atoms with Crippen molar-refractivity contribution < 1.29 is 9.53 Å². The third-order valence-electron chi connectivity index (χ3n) is 3.05. The molecular weight excluding hydrogens is 204 g/mol. The zero-order chi connectivity index (χ0) is 11.8. The molecule has 16 heavy (non-hydrogen) atoms. The molecule has 1 atom stereocenters. The van der Waals surface area contributed by atoms with Crippen LogP contribution in [0.3, 0.4) is 0 Å². The van der Waals surface area contributed by atoms with E-state index in [1.54, 1.807) is 0 Å². The second-order valence-corrected chi connectivity index (χ2v) is 4.51. The summed E-state index contributed by atoms with van der Waals surface area (Å²) in [5, 5.41) is 6.21. The highest BCUT2D eigenvalue weighted by Crippen LogP contribution is 2.13. The van der Waals surface area contributed by atoms with Crippen molar-refractivity contribution >= 4 is 5.91 Å². The fourth-order valence-corrected chi connectivity index (χ4v) is 1.82. The van der Waals surface area contributed by atoms with E-state index >= 15 is 0 Å². The van der Waals surface area contributed by atoms with Crippen LogP contribution < -0.4 is 10.6 Å². The summed E-state index contributed by atoms with van der Waals surface area (Å²) in [6.07, 6.45) is 2.14. The first kappa shape index (κ1) is 13.5. The zero-order valence-electron chi connectivity index (χ0n) is 10.4. The molecule has 94 valence electrons. The maximum atomic E-state index is 11.7. The van der Waals surface area contributed by atoms with Crippen molar-refractivity contribution in [2.24, 2.45) is 11.8 Å². The Labute approximate surface area is 98.1 Å². The van der Waals surface area contributed by atoms with Crippen LogP contribution in [0, 0.1) is 11.8 Å². The van der Waals surface area contributed by atoms with E-state index in [1.165, 1.54) is 0 Å². The molecule has 4 nitrogen and oxygen atoms in total. The summed E-state index contributed by atoms with van der Waals surface area (Å²) < 4.78 is 5.28. The molecule has 1 amide bonds. The average Bonchev–Trinajstić information content (AvgIpc) is 2.34. The monoisotopic (exact) mass is 228 g/mol. The first-order valence-electron chi connectivity index (χ1n) is 6.30. The van der Waals surface area contributed by atoms with Gasteiger partial charge in [-0.15, -0.1) is 0 Å². The maximum Gasteiger partial charge on any atom is 0.224 e. The Hall–Kier alpha value is -0.610. The highest BCUT2D eigenvalue weighted by atomic mass is 16.5. The molecule has 1 unspecified atom stereocenters. The number of ether oxygens (including phenoxy) is 1. The van der Waals surface area contributed by atoms with Gasteiger partial charge in [-0.2, -0.15) is 0 Å². The molecule has 0 aromatic carbocycles. The topological polar surface area (TPSA) is 50.4 Å². The Morgan fingerprint density at radius 3 is 2.75 bits per heavy atom. The molecule has 4 heteroatoms. The molecule has 0 aliphatic carbocycles. The smallest absolute Gasteiger partial charge is 0.224 e. The number of hydrogen-bond acceptors (Lipinski definition) is 3. The van der Waals surface area contributed by atoms with Crippen LogP contribution in [0.5, 0.6) is 0 Å². The minimum absolute atomic E-state index is 0.0554. The highest BCUT2D eigenvalue weighted by molar-refractivity contribution is 5.78. The second kappa shape index (κ2) is 7.63. The summed E-state index contributed by atoms with van der Waals surface area (Å²) in [5.74, 6) is 0.816. The van der Waals surface area contributed by atoms with E-state index in [4.69, 9.17) is 4.74 Å². The van der Waals surface area contributed by atoms with Gasteiger partial charge in [-0.05, 0) is 25.3 Å². The molecule has 0 bridgehead atoms. The Balaban J connectivity index is 2.12. The summed E-state index contributed by atoms with van der Waals surface area (Å²) in [5.41, 5.74) is 0. The van der Waals surface area contributed by atoms with Crippen molar-refractivity contribution in [3.05, 3.63) is 0 Å². The summed E-state index contributed by atoms with van der Waals surface area (Å²) in [4.78, 5) is 11.7. The van der Waals surface area contributed by atoms with Crippen LogP contribution >= 0.6 is 0 Å². The fraction of sp³-hybridized carbons (Fsp3) is 0.917. The Morgan fingerprint density at radius 1 is 1.44 bits per heavy atom. The largest absolute Gasteiger partial charge is 0.381 e. The van der Waals surface area contributed by atoms with Crippen molar-refractivity contribution in [2.45, 2.75) is 26.7 Å². The third kappa shape index (κ3) is 4.94. The fourth-order valence-electron chi connectivity index (χ4n) is 1.82. The molecule has 1 aliphatic rings. The van der Waals surface area contributed by atoms with Gasteiger partial charge in [0.2, 0.25) is 5.91 Å². The summed E-state index contributed by atoms with van der Waals surface area (Å²) in [7, 11) is 0. The standard InChI is InChI=1S/C12H24N2O2/c1-3-13-8-10(2)12(15)14-9-11-4-6-16-7-5-11/h10-11,13H,3-9H2,1-2H3,(H,14,15). The van der Waals surface area contributed by atoms with E-state index < -0.39 is 0 Å². The Bertz CT molecular complexity index is 203. The molecule has 0 aromatic heterocycles. The number of hydrogen-bond donors (Lipinski definition) is 2.